The maximum atomic E-state index is 13.5. The van der Waals surface area contributed by atoms with Crippen LogP contribution in [-0.4, -0.2) is 69.0 Å². The molecule has 0 aromatic carbocycles. The number of nitrogens with zero attached hydrogens (tertiary/aromatic N) is 1. The van der Waals surface area contributed by atoms with Gasteiger partial charge in [-0.2, -0.15) is 0 Å². The van der Waals surface area contributed by atoms with Gasteiger partial charge in [-0.1, -0.05) is 31.5 Å². The number of rotatable bonds is 4. The van der Waals surface area contributed by atoms with Crippen LogP contribution in [0, 0.1) is 18.3 Å². The van der Waals surface area contributed by atoms with E-state index >= 15 is 0 Å². The number of alkyl halides is 1. The van der Waals surface area contributed by atoms with Crippen molar-refractivity contribution in [3.63, 3.8) is 0 Å². The number of halogens is 1. The topological polar surface area (TPSA) is 121 Å². The fraction of sp³-hybridized carbons (Fsp3) is 0.667. The van der Waals surface area contributed by atoms with Crippen molar-refractivity contribution in [3.8, 4) is 0 Å². The first-order valence-electron chi connectivity index (χ1n) is 12.7. The van der Waals surface area contributed by atoms with Crippen LogP contribution >= 0.6 is 22.9 Å². The van der Waals surface area contributed by atoms with Crippen LogP contribution in [0.25, 0.3) is 6.08 Å². The molecule has 0 radical (unpaired) electrons. The molecule has 206 valence electrons. The molecule has 10 heteroatoms. The zero-order chi connectivity index (χ0) is 27.5. The van der Waals surface area contributed by atoms with Crippen molar-refractivity contribution in [2.45, 2.75) is 95.8 Å². The molecule has 2 aliphatic heterocycles. The minimum atomic E-state index is -1.29. The molecule has 1 aromatic heterocycles. The molecule has 0 unspecified atom stereocenters. The third-order valence-corrected chi connectivity index (χ3v) is 8.74. The number of aliphatic hydroxyl groups excluding tert-OH is 2. The fourth-order valence-corrected chi connectivity index (χ4v) is 5.56. The molecule has 7 atom stereocenters. The number of hydrogen-bond donors (Lipinski definition) is 3. The molecule has 8 nitrogen and oxygen atoms in total. The summed E-state index contributed by atoms with van der Waals surface area (Å²) < 4.78 is 11.7. The molecule has 0 saturated carbocycles. The smallest absolute Gasteiger partial charge is 0.223 e. The molecule has 37 heavy (non-hydrogen) atoms. The van der Waals surface area contributed by atoms with Gasteiger partial charge in [0, 0.05) is 18.2 Å². The lowest BCUT2D eigenvalue weighted by atomic mass is 9.72. The van der Waals surface area contributed by atoms with Crippen LogP contribution in [0.3, 0.4) is 0 Å². The minimum Gasteiger partial charge on any atom is -0.392 e. The van der Waals surface area contributed by atoms with Gasteiger partial charge in [0.25, 0.3) is 0 Å². The quantitative estimate of drug-likeness (QED) is 0.294. The van der Waals surface area contributed by atoms with Gasteiger partial charge in [-0.15, -0.1) is 17.9 Å². The number of ketones is 1. The molecule has 3 rings (SSSR count). The van der Waals surface area contributed by atoms with Crippen LogP contribution in [0.15, 0.2) is 23.6 Å². The van der Waals surface area contributed by atoms with Crippen LogP contribution in [0.2, 0.25) is 0 Å². The Balaban J connectivity index is 1.88. The summed E-state index contributed by atoms with van der Waals surface area (Å²) in [5.74, 6) is -1.60. The minimum absolute atomic E-state index is 0.211. The number of fused-ring (bicyclic) bond motifs is 1. The summed E-state index contributed by atoms with van der Waals surface area (Å²) in [5, 5.41) is 26.9. The molecule has 3 N–H and O–H groups in total. The van der Waals surface area contributed by atoms with Crippen LogP contribution in [0.4, 0.5) is 0 Å². The normalized spacial score (nSPS) is 35.9. The summed E-state index contributed by atoms with van der Waals surface area (Å²) in [7, 11) is 0. The Morgan fingerprint density at radius 3 is 2.70 bits per heavy atom. The van der Waals surface area contributed by atoms with E-state index in [4.69, 9.17) is 21.1 Å². The summed E-state index contributed by atoms with van der Waals surface area (Å²) >= 11 is 8.22. The predicted molar refractivity (Wildman–Crippen MR) is 144 cm³/mol. The maximum Gasteiger partial charge on any atom is 0.223 e. The van der Waals surface area contributed by atoms with E-state index in [9.17, 15) is 19.8 Å². The number of hydrogen-bond acceptors (Lipinski definition) is 8. The number of amides is 1. The average Bonchev–Trinajstić information content (AvgIpc) is 3.27. The molecule has 2 aliphatic rings. The van der Waals surface area contributed by atoms with Crippen molar-refractivity contribution >= 4 is 40.7 Å². The molecule has 3 heterocycles. The van der Waals surface area contributed by atoms with E-state index in [0.29, 0.717) is 12.8 Å². The molecular formula is C27H39ClN2O6S. The molecule has 1 amide bonds. The second-order valence-electron chi connectivity index (χ2n) is 10.7. The van der Waals surface area contributed by atoms with Gasteiger partial charge in [0.15, 0.2) is 5.06 Å². The summed E-state index contributed by atoms with van der Waals surface area (Å²) in [6, 6.07) is -0.408. The highest BCUT2D eigenvalue weighted by Crippen LogP contribution is 2.47. The molecule has 0 bridgehead atoms. The molecule has 0 spiro atoms. The number of epoxide rings is 1. The van der Waals surface area contributed by atoms with Crippen LogP contribution in [-0.2, 0) is 19.1 Å². The summed E-state index contributed by atoms with van der Waals surface area (Å²) in [6.45, 7) is 12.7. The first kappa shape index (κ1) is 29.9. The summed E-state index contributed by atoms with van der Waals surface area (Å²) in [4.78, 5) is 31.1. The third kappa shape index (κ3) is 7.28. The standard InChI is InChI=1S/C27H39ClN2O6S/c1-7-8-19-24(33)16(3)35-10-9-27(28)22(36-27)12-20(15(2)11-18-14-37-17(4)29-18)30-23(32)13-21(31)26(5,6)25(19)34/h7,11,14,16,19-22,24,31,33H,1,8-10,12-13H2,2-6H3,(H,30,32)/t16-,19+,20-,21-,22+,24+,27-/m0/s1. The molecular weight excluding hydrogens is 516 g/mol. The van der Waals surface area contributed by atoms with Crippen molar-refractivity contribution < 1.29 is 29.3 Å². The van der Waals surface area contributed by atoms with Crippen LogP contribution in [0.5, 0.6) is 0 Å². The second-order valence-corrected chi connectivity index (χ2v) is 12.4. The van der Waals surface area contributed by atoms with Crippen molar-refractivity contribution in [2.24, 2.45) is 11.3 Å². The van der Waals surface area contributed by atoms with Crippen molar-refractivity contribution in [2.75, 3.05) is 6.61 Å². The van der Waals surface area contributed by atoms with E-state index < -0.39 is 46.7 Å². The van der Waals surface area contributed by atoms with E-state index in [2.05, 4.69) is 16.9 Å². The monoisotopic (exact) mass is 554 g/mol. The first-order valence-corrected chi connectivity index (χ1v) is 13.9. The SMILES string of the molecule is C=CC[C@H]1C(=O)C(C)(C)[C@@H](O)CC(=O)N[C@H](C(C)=Cc2csc(C)n2)C[C@H]2O[C@@]2(Cl)CCO[C@@H](C)[C@H]1O. The Labute approximate surface area is 228 Å². The Morgan fingerprint density at radius 1 is 1.38 bits per heavy atom. The molecule has 2 fully saturated rings. The first-order chi connectivity index (χ1) is 17.3. The number of aryl methyl sites for hydroxylation is 1. The Hall–Kier alpha value is -1.62. The number of thiazole rings is 1. The Kier molecular flexibility index (Phi) is 9.75. The number of Topliss-reactive ketones (excluding diaryl/α,β-unsaturated/α-hetero) is 1. The highest BCUT2D eigenvalue weighted by molar-refractivity contribution is 7.09. The van der Waals surface area contributed by atoms with E-state index in [0.717, 1.165) is 16.3 Å². The highest BCUT2D eigenvalue weighted by atomic mass is 35.5. The fourth-order valence-electron chi connectivity index (χ4n) is 4.72. The van der Waals surface area contributed by atoms with Gasteiger partial charge in [0.1, 0.15) is 11.9 Å². The summed E-state index contributed by atoms with van der Waals surface area (Å²) in [6.07, 6.45) is 0.873. The van der Waals surface area contributed by atoms with Gasteiger partial charge >= 0.3 is 0 Å². The van der Waals surface area contributed by atoms with Crippen LogP contribution in [0.1, 0.15) is 64.1 Å². The number of carbonyl (C=O) groups is 2. The van der Waals surface area contributed by atoms with Crippen molar-refractivity contribution in [3.05, 3.63) is 34.3 Å². The average molecular weight is 555 g/mol. The van der Waals surface area contributed by atoms with Crippen molar-refractivity contribution in [1.82, 2.24) is 10.3 Å². The number of aliphatic hydroxyl groups is 2. The van der Waals surface area contributed by atoms with E-state index in [1.807, 2.05) is 25.3 Å². The second kappa shape index (κ2) is 12.1. The zero-order valence-corrected chi connectivity index (χ0v) is 23.8. The Bertz CT molecular complexity index is 1030. The number of aromatic nitrogens is 1. The third-order valence-electron chi connectivity index (χ3n) is 7.43. The number of ether oxygens (including phenoxy) is 2. The predicted octanol–water partition coefficient (Wildman–Crippen LogP) is 3.77. The lowest BCUT2D eigenvalue weighted by molar-refractivity contribution is -0.147. The van der Waals surface area contributed by atoms with Gasteiger partial charge < -0.3 is 25.0 Å². The van der Waals surface area contributed by atoms with Gasteiger partial charge in [-0.3, -0.25) is 9.59 Å². The molecule has 1 aromatic rings. The van der Waals surface area contributed by atoms with E-state index in [1.54, 1.807) is 38.2 Å². The van der Waals surface area contributed by atoms with Crippen molar-refractivity contribution in [1.29, 1.82) is 0 Å². The summed E-state index contributed by atoms with van der Waals surface area (Å²) in [5.41, 5.74) is 0.390. The zero-order valence-electron chi connectivity index (χ0n) is 22.2. The molecule has 2 saturated heterocycles. The number of carbonyl (C=O) groups excluding carboxylic acids is 2. The van der Waals surface area contributed by atoms with E-state index in [-0.39, 0.29) is 31.3 Å². The van der Waals surface area contributed by atoms with Gasteiger partial charge in [0.2, 0.25) is 5.91 Å². The van der Waals surface area contributed by atoms with Gasteiger partial charge in [0.05, 0.1) is 59.4 Å². The Morgan fingerprint density at radius 2 is 2.08 bits per heavy atom. The lowest BCUT2D eigenvalue weighted by Gasteiger charge is -2.35. The van der Waals surface area contributed by atoms with Crippen LogP contribution < -0.4 is 5.32 Å². The number of allylic oxidation sites excluding steroid dienone is 1. The number of nitrogens with one attached hydrogen (secondary N) is 1. The lowest BCUT2D eigenvalue weighted by Crippen LogP contribution is -2.49. The van der Waals surface area contributed by atoms with Gasteiger partial charge in [-0.25, -0.2) is 4.98 Å². The highest BCUT2D eigenvalue weighted by Gasteiger charge is 2.55. The van der Waals surface area contributed by atoms with E-state index in [1.165, 1.54) is 0 Å². The molecule has 0 aliphatic carbocycles. The van der Waals surface area contributed by atoms with Gasteiger partial charge in [-0.05, 0) is 38.8 Å². The maximum absolute atomic E-state index is 13.5. The largest absolute Gasteiger partial charge is 0.392 e.